The predicted octanol–water partition coefficient (Wildman–Crippen LogP) is 3.62. The molecule has 0 aliphatic carbocycles. The molecule has 2 aromatic carbocycles. The van der Waals surface area contributed by atoms with Crippen LogP contribution in [0.5, 0.6) is 0 Å². The molecule has 0 bridgehead atoms. The maximum Gasteiger partial charge on any atom is 0.261 e. The third-order valence-electron chi connectivity index (χ3n) is 6.18. The lowest BCUT2D eigenvalue weighted by molar-refractivity contribution is 0.0696. The van der Waals surface area contributed by atoms with Crippen LogP contribution in [0.1, 0.15) is 41.3 Å². The fraction of sp³-hybridized carbons (Fsp3) is 0.308. The molecule has 4 rings (SSSR count). The van der Waals surface area contributed by atoms with Crippen LogP contribution in [0.25, 0.3) is 11.3 Å². The van der Waals surface area contributed by atoms with Crippen LogP contribution in [0.15, 0.2) is 70.4 Å². The summed E-state index contributed by atoms with van der Waals surface area (Å²) in [5.74, 6) is -0.0734. The molecule has 1 N–H and O–H groups in total. The molecular weight excluding hydrogens is 450 g/mol. The maximum atomic E-state index is 13.0. The van der Waals surface area contributed by atoms with Crippen molar-refractivity contribution in [3.05, 3.63) is 87.7 Å². The first-order valence-electron chi connectivity index (χ1n) is 11.4. The third-order valence-corrected chi connectivity index (χ3v) is 8.09. The lowest BCUT2D eigenvalue weighted by Crippen LogP contribution is -2.51. The van der Waals surface area contributed by atoms with E-state index in [4.69, 9.17) is 0 Å². The van der Waals surface area contributed by atoms with Crippen molar-refractivity contribution in [2.24, 2.45) is 0 Å². The molecule has 0 unspecified atom stereocenters. The minimum atomic E-state index is -3.64. The van der Waals surface area contributed by atoms with Crippen molar-refractivity contribution in [3.63, 3.8) is 0 Å². The Hall–Kier alpha value is -3.23. The molecule has 1 aliphatic rings. The molecule has 3 aromatic rings. The Balaban J connectivity index is 1.45. The van der Waals surface area contributed by atoms with Gasteiger partial charge in [-0.3, -0.25) is 9.59 Å². The van der Waals surface area contributed by atoms with Crippen molar-refractivity contribution in [1.82, 2.24) is 14.2 Å². The molecule has 1 aliphatic heterocycles. The van der Waals surface area contributed by atoms with E-state index in [9.17, 15) is 18.0 Å². The van der Waals surface area contributed by atoms with Crippen LogP contribution in [0.4, 0.5) is 0 Å². The van der Waals surface area contributed by atoms with Crippen LogP contribution in [0, 0.1) is 6.92 Å². The second kappa shape index (κ2) is 9.56. The van der Waals surface area contributed by atoms with E-state index >= 15 is 0 Å². The van der Waals surface area contributed by atoms with Gasteiger partial charge in [-0.15, -0.1) is 0 Å². The number of nitrogens with zero attached hydrogens (tertiary/aromatic N) is 2. The summed E-state index contributed by atoms with van der Waals surface area (Å²) < 4.78 is 27.5. The van der Waals surface area contributed by atoms with E-state index in [1.54, 1.807) is 18.2 Å². The molecule has 1 amide bonds. The SMILES string of the molecule is Cc1cccc(-c2ccc(C(=O)N3CCN(S(=O)(=O)c4ccc(C(C)C)cc4)CC3)c(=O)[nH]2)c1. The van der Waals surface area contributed by atoms with Crippen LogP contribution < -0.4 is 5.56 Å². The van der Waals surface area contributed by atoms with Gasteiger partial charge in [0.2, 0.25) is 10.0 Å². The third kappa shape index (κ3) is 4.83. The van der Waals surface area contributed by atoms with Gasteiger partial charge in [0.25, 0.3) is 11.5 Å². The van der Waals surface area contributed by atoms with Crippen LogP contribution in [-0.4, -0.2) is 54.7 Å². The summed E-state index contributed by atoms with van der Waals surface area (Å²) in [6.07, 6.45) is 0. The molecule has 0 saturated carbocycles. The van der Waals surface area contributed by atoms with Crippen molar-refractivity contribution in [3.8, 4) is 11.3 Å². The number of carbonyl (C=O) groups is 1. The quantitative estimate of drug-likeness (QED) is 0.605. The second-order valence-electron chi connectivity index (χ2n) is 8.90. The molecule has 2 heterocycles. The van der Waals surface area contributed by atoms with E-state index in [0.717, 1.165) is 16.7 Å². The van der Waals surface area contributed by atoms with Gasteiger partial charge in [-0.05, 0) is 54.3 Å². The molecule has 178 valence electrons. The highest BCUT2D eigenvalue weighted by molar-refractivity contribution is 7.89. The molecule has 34 heavy (non-hydrogen) atoms. The van der Waals surface area contributed by atoms with Crippen molar-refractivity contribution in [2.45, 2.75) is 31.6 Å². The molecule has 0 radical (unpaired) electrons. The molecule has 1 aromatic heterocycles. The summed E-state index contributed by atoms with van der Waals surface area (Å²) in [4.78, 5) is 30.2. The molecule has 0 spiro atoms. The summed E-state index contributed by atoms with van der Waals surface area (Å²) in [5.41, 5.74) is 3.26. The van der Waals surface area contributed by atoms with E-state index in [-0.39, 0.29) is 36.6 Å². The van der Waals surface area contributed by atoms with Gasteiger partial charge in [-0.2, -0.15) is 4.31 Å². The maximum absolute atomic E-state index is 13.0. The predicted molar refractivity (Wildman–Crippen MR) is 132 cm³/mol. The van der Waals surface area contributed by atoms with E-state index in [2.05, 4.69) is 18.8 Å². The van der Waals surface area contributed by atoms with Crippen LogP contribution in [0.2, 0.25) is 0 Å². The van der Waals surface area contributed by atoms with E-state index in [0.29, 0.717) is 11.6 Å². The average molecular weight is 480 g/mol. The fourth-order valence-electron chi connectivity index (χ4n) is 4.10. The smallest absolute Gasteiger partial charge is 0.261 e. The Labute approximate surface area is 200 Å². The zero-order valence-corrected chi connectivity index (χ0v) is 20.4. The Morgan fingerprint density at radius 3 is 2.21 bits per heavy atom. The van der Waals surface area contributed by atoms with Gasteiger partial charge in [-0.1, -0.05) is 49.7 Å². The number of H-pyrrole nitrogens is 1. The van der Waals surface area contributed by atoms with Gasteiger partial charge in [-0.25, -0.2) is 8.42 Å². The zero-order valence-electron chi connectivity index (χ0n) is 19.6. The first-order chi connectivity index (χ1) is 16.2. The Kier molecular flexibility index (Phi) is 6.72. The molecule has 7 nitrogen and oxygen atoms in total. The van der Waals surface area contributed by atoms with Crippen LogP contribution in [0.3, 0.4) is 0 Å². The summed E-state index contributed by atoms with van der Waals surface area (Å²) in [6.45, 7) is 6.89. The number of amides is 1. The Bertz CT molecular complexity index is 1350. The van der Waals surface area contributed by atoms with Crippen molar-refractivity contribution < 1.29 is 13.2 Å². The number of hydrogen-bond donors (Lipinski definition) is 1. The lowest BCUT2D eigenvalue weighted by atomic mass is 10.0. The molecule has 1 fully saturated rings. The summed E-state index contributed by atoms with van der Waals surface area (Å²) in [7, 11) is -3.64. The van der Waals surface area contributed by atoms with Crippen molar-refractivity contribution >= 4 is 15.9 Å². The van der Waals surface area contributed by atoms with Gasteiger partial charge in [0.15, 0.2) is 0 Å². The van der Waals surface area contributed by atoms with Gasteiger partial charge in [0, 0.05) is 31.9 Å². The largest absolute Gasteiger partial charge is 0.336 e. The lowest BCUT2D eigenvalue weighted by Gasteiger charge is -2.34. The highest BCUT2D eigenvalue weighted by Crippen LogP contribution is 2.22. The van der Waals surface area contributed by atoms with E-state index < -0.39 is 21.5 Å². The number of nitrogens with one attached hydrogen (secondary N) is 1. The average Bonchev–Trinajstić information content (AvgIpc) is 2.83. The van der Waals surface area contributed by atoms with Gasteiger partial charge < -0.3 is 9.88 Å². The second-order valence-corrected chi connectivity index (χ2v) is 10.8. The Morgan fingerprint density at radius 1 is 0.941 bits per heavy atom. The number of sulfonamides is 1. The first kappa shape index (κ1) is 23.9. The standard InChI is InChI=1S/C26H29N3O4S/c1-18(2)20-7-9-22(10-8-20)34(32,33)29-15-13-28(14-16-29)26(31)23-11-12-24(27-25(23)30)21-6-4-5-19(3)17-21/h4-12,17-18H,13-16H2,1-3H3,(H,27,30). The number of benzene rings is 2. The molecular formula is C26H29N3O4S. The zero-order chi connectivity index (χ0) is 24.5. The number of aromatic amines is 1. The number of aromatic nitrogens is 1. The number of carbonyl (C=O) groups excluding carboxylic acids is 1. The van der Waals surface area contributed by atoms with Crippen LogP contribution in [-0.2, 0) is 10.0 Å². The normalized spacial score (nSPS) is 15.0. The molecule has 0 atom stereocenters. The topological polar surface area (TPSA) is 90.6 Å². The minimum Gasteiger partial charge on any atom is -0.336 e. The summed E-state index contributed by atoms with van der Waals surface area (Å²) >= 11 is 0. The number of rotatable bonds is 5. The molecule has 8 heteroatoms. The van der Waals surface area contributed by atoms with Crippen LogP contribution >= 0.6 is 0 Å². The fourth-order valence-corrected chi connectivity index (χ4v) is 5.52. The van der Waals surface area contributed by atoms with Gasteiger partial charge in [0.1, 0.15) is 5.56 Å². The van der Waals surface area contributed by atoms with Crippen molar-refractivity contribution in [1.29, 1.82) is 0 Å². The van der Waals surface area contributed by atoms with Gasteiger partial charge in [0.05, 0.1) is 4.90 Å². The van der Waals surface area contributed by atoms with Gasteiger partial charge >= 0.3 is 0 Å². The highest BCUT2D eigenvalue weighted by atomic mass is 32.2. The summed E-state index contributed by atoms with van der Waals surface area (Å²) in [5, 5.41) is 0. The molecule has 1 saturated heterocycles. The number of pyridine rings is 1. The first-order valence-corrected chi connectivity index (χ1v) is 12.8. The number of aryl methyl sites for hydroxylation is 1. The number of piperazine rings is 1. The minimum absolute atomic E-state index is 0.0528. The number of hydrogen-bond acceptors (Lipinski definition) is 4. The van der Waals surface area contributed by atoms with Crippen molar-refractivity contribution in [2.75, 3.05) is 26.2 Å². The Morgan fingerprint density at radius 2 is 1.62 bits per heavy atom. The summed E-state index contributed by atoms with van der Waals surface area (Å²) in [6, 6.07) is 18.0. The van der Waals surface area contributed by atoms with E-state index in [1.807, 2.05) is 43.3 Å². The highest BCUT2D eigenvalue weighted by Gasteiger charge is 2.31. The monoisotopic (exact) mass is 479 g/mol. The van der Waals surface area contributed by atoms with E-state index in [1.165, 1.54) is 15.3 Å².